The van der Waals surface area contributed by atoms with E-state index in [1.807, 2.05) is 38.2 Å². The van der Waals surface area contributed by atoms with Gasteiger partial charge in [0.2, 0.25) is 0 Å². The molecule has 0 radical (unpaired) electrons. The summed E-state index contributed by atoms with van der Waals surface area (Å²) in [6.45, 7) is 7.82. The Labute approximate surface area is 104 Å². The number of likely N-dealkylation sites (N-methyl/N-ethyl adjacent to an activating group) is 1. The molecule has 1 N–H and O–H groups in total. The molecule has 0 spiro atoms. The molecule has 96 valence electrons. The monoisotopic (exact) mass is 237 g/mol. The van der Waals surface area contributed by atoms with Gasteiger partial charge in [0.1, 0.15) is 17.6 Å². The molecule has 0 saturated heterocycles. The summed E-state index contributed by atoms with van der Waals surface area (Å²) >= 11 is 0. The molecule has 1 atom stereocenters. The maximum atomic E-state index is 5.96. The largest absolute Gasteiger partial charge is 0.494 e. The van der Waals surface area contributed by atoms with Gasteiger partial charge in [-0.1, -0.05) is 19.9 Å². The lowest BCUT2D eigenvalue weighted by atomic mass is 10.1. The van der Waals surface area contributed by atoms with E-state index in [1.165, 1.54) is 0 Å². The van der Waals surface area contributed by atoms with Crippen molar-refractivity contribution in [3.8, 4) is 11.5 Å². The topological polar surface area (TPSA) is 30.5 Å². The van der Waals surface area contributed by atoms with Crippen LogP contribution in [0, 0.1) is 5.92 Å². The lowest BCUT2D eigenvalue weighted by Gasteiger charge is -2.22. The second kappa shape index (κ2) is 7.17. The average molecular weight is 237 g/mol. The molecule has 0 heterocycles. The highest BCUT2D eigenvalue weighted by atomic mass is 16.5. The molecule has 0 saturated carbocycles. The minimum atomic E-state index is 0.178. The van der Waals surface area contributed by atoms with E-state index in [-0.39, 0.29) is 6.10 Å². The van der Waals surface area contributed by atoms with Crippen LogP contribution < -0.4 is 14.8 Å². The number of hydrogen-bond donors (Lipinski definition) is 1. The predicted molar refractivity (Wildman–Crippen MR) is 70.8 cm³/mol. The van der Waals surface area contributed by atoms with Gasteiger partial charge in [0, 0.05) is 12.6 Å². The first kappa shape index (κ1) is 13.8. The van der Waals surface area contributed by atoms with E-state index < -0.39 is 0 Å². The SMILES string of the molecule is CCOc1cccc(OC(CNC)C(C)C)c1. The number of hydrogen-bond acceptors (Lipinski definition) is 3. The lowest BCUT2D eigenvalue weighted by Crippen LogP contribution is -2.33. The zero-order chi connectivity index (χ0) is 12.7. The van der Waals surface area contributed by atoms with E-state index in [2.05, 4.69) is 19.2 Å². The summed E-state index contributed by atoms with van der Waals surface area (Å²) in [5.74, 6) is 2.19. The van der Waals surface area contributed by atoms with Crippen LogP contribution in [0.15, 0.2) is 24.3 Å². The molecule has 1 unspecified atom stereocenters. The standard InChI is InChI=1S/C14H23NO2/c1-5-16-12-7-6-8-13(9-12)17-14(10-15-4)11(2)3/h6-9,11,14-15H,5,10H2,1-4H3. The summed E-state index contributed by atoms with van der Waals surface area (Å²) in [6.07, 6.45) is 0.178. The van der Waals surface area contributed by atoms with Gasteiger partial charge in [0.15, 0.2) is 0 Å². The van der Waals surface area contributed by atoms with E-state index in [1.54, 1.807) is 0 Å². The smallest absolute Gasteiger partial charge is 0.123 e. The highest BCUT2D eigenvalue weighted by Gasteiger charge is 2.14. The lowest BCUT2D eigenvalue weighted by molar-refractivity contribution is 0.151. The summed E-state index contributed by atoms with van der Waals surface area (Å²) < 4.78 is 11.4. The third-order valence-corrected chi connectivity index (χ3v) is 2.55. The van der Waals surface area contributed by atoms with Crippen molar-refractivity contribution in [1.82, 2.24) is 5.32 Å². The van der Waals surface area contributed by atoms with Crippen LogP contribution >= 0.6 is 0 Å². The van der Waals surface area contributed by atoms with Gasteiger partial charge in [-0.2, -0.15) is 0 Å². The van der Waals surface area contributed by atoms with E-state index in [0.717, 1.165) is 18.0 Å². The fraction of sp³-hybridized carbons (Fsp3) is 0.571. The van der Waals surface area contributed by atoms with E-state index >= 15 is 0 Å². The number of nitrogens with one attached hydrogen (secondary N) is 1. The molecule has 1 aromatic rings. The van der Waals surface area contributed by atoms with Gasteiger partial charge in [0.05, 0.1) is 6.61 Å². The molecule has 1 rings (SSSR count). The molecule has 3 nitrogen and oxygen atoms in total. The summed E-state index contributed by atoms with van der Waals surface area (Å²) in [5.41, 5.74) is 0. The van der Waals surface area contributed by atoms with E-state index in [0.29, 0.717) is 12.5 Å². The van der Waals surface area contributed by atoms with Crippen molar-refractivity contribution < 1.29 is 9.47 Å². The summed E-state index contributed by atoms with van der Waals surface area (Å²) in [7, 11) is 1.94. The molecule has 3 heteroatoms. The van der Waals surface area contributed by atoms with Crippen LogP contribution in [-0.4, -0.2) is 26.3 Å². The van der Waals surface area contributed by atoms with Crippen molar-refractivity contribution >= 4 is 0 Å². The van der Waals surface area contributed by atoms with Crippen LogP contribution in [0.2, 0.25) is 0 Å². The van der Waals surface area contributed by atoms with Gasteiger partial charge >= 0.3 is 0 Å². The second-order valence-electron chi connectivity index (χ2n) is 4.37. The normalized spacial score (nSPS) is 12.5. The minimum Gasteiger partial charge on any atom is -0.494 e. The highest BCUT2D eigenvalue weighted by molar-refractivity contribution is 5.33. The molecule has 0 aliphatic rings. The first-order chi connectivity index (χ1) is 8.17. The molecule has 0 aliphatic carbocycles. The molecule has 17 heavy (non-hydrogen) atoms. The van der Waals surface area contributed by atoms with Crippen molar-refractivity contribution in [3.63, 3.8) is 0 Å². The Hall–Kier alpha value is -1.22. The second-order valence-corrected chi connectivity index (χ2v) is 4.37. The first-order valence-corrected chi connectivity index (χ1v) is 6.21. The summed E-state index contributed by atoms with van der Waals surface area (Å²) in [5, 5.41) is 3.15. The summed E-state index contributed by atoms with van der Waals surface area (Å²) in [6, 6.07) is 7.80. The average Bonchev–Trinajstić information content (AvgIpc) is 2.29. The van der Waals surface area contributed by atoms with Gasteiger partial charge in [-0.25, -0.2) is 0 Å². The molecular formula is C14H23NO2. The third kappa shape index (κ3) is 4.65. The maximum Gasteiger partial charge on any atom is 0.123 e. The highest BCUT2D eigenvalue weighted by Crippen LogP contribution is 2.21. The number of ether oxygens (including phenoxy) is 2. The van der Waals surface area contributed by atoms with Crippen molar-refractivity contribution in [2.45, 2.75) is 26.9 Å². The molecule has 0 bridgehead atoms. The van der Waals surface area contributed by atoms with E-state index in [9.17, 15) is 0 Å². The predicted octanol–water partition coefficient (Wildman–Crippen LogP) is 2.71. The van der Waals surface area contributed by atoms with Crippen molar-refractivity contribution in [2.24, 2.45) is 5.92 Å². The maximum absolute atomic E-state index is 5.96. The van der Waals surface area contributed by atoms with Gasteiger partial charge < -0.3 is 14.8 Å². The van der Waals surface area contributed by atoms with Crippen LogP contribution in [0.4, 0.5) is 0 Å². The third-order valence-electron chi connectivity index (χ3n) is 2.55. The summed E-state index contributed by atoms with van der Waals surface area (Å²) in [4.78, 5) is 0. The Morgan fingerprint density at radius 1 is 1.24 bits per heavy atom. The quantitative estimate of drug-likeness (QED) is 0.791. The fourth-order valence-corrected chi connectivity index (χ4v) is 1.59. The Bertz CT molecular complexity index is 326. The molecule has 0 aromatic heterocycles. The van der Waals surface area contributed by atoms with Gasteiger partial charge in [0.25, 0.3) is 0 Å². The minimum absolute atomic E-state index is 0.178. The molecule has 0 fully saturated rings. The van der Waals surface area contributed by atoms with Crippen LogP contribution in [0.3, 0.4) is 0 Å². The fourth-order valence-electron chi connectivity index (χ4n) is 1.59. The Balaban J connectivity index is 2.68. The van der Waals surface area contributed by atoms with Crippen molar-refractivity contribution in [1.29, 1.82) is 0 Å². The molecule has 0 aliphatic heterocycles. The van der Waals surface area contributed by atoms with Gasteiger partial charge in [-0.3, -0.25) is 0 Å². The van der Waals surface area contributed by atoms with Crippen LogP contribution in [0.25, 0.3) is 0 Å². The van der Waals surface area contributed by atoms with Crippen LogP contribution in [0.5, 0.6) is 11.5 Å². The van der Waals surface area contributed by atoms with Gasteiger partial charge in [-0.15, -0.1) is 0 Å². The molecular weight excluding hydrogens is 214 g/mol. The zero-order valence-corrected chi connectivity index (χ0v) is 11.2. The van der Waals surface area contributed by atoms with Crippen molar-refractivity contribution in [3.05, 3.63) is 24.3 Å². The Kier molecular flexibility index (Phi) is 5.84. The Morgan fingerprint density at radius 2 is 1.94 bits per heavy atom. The molecule has 0 amide bonds. The number of rotatable bonds is 7. The molecule has 1 aromatic carbocycles. The van der Waals surface area contributed by atoms with Gasteiger partial charge in [-0.05, 0) is 32.0 Å². The number of benzene rings is 1. The van der Waals surface area contributed by atoms with E-state index in [4.69, 9.17) is 9.47 Å². The van der Waals surface area contributed by atoms with Crippen LogP contribution in [-0.2, 0) is 0 Å². The van der Waals surface area contributed by atoms with Crippen LogP contribution in [0.1, 0.15) is 20.8 Å². The first-order valence-electron chi connectivity index (χ1n) is 6.21. The Morgan fingerprint density at radius 3 is 2.53 bits per heavy atom. The van der Waals surface area contributed by atoms with Crippen molar-refractivity contribution in [2.75, 3.05) is 20.2 Å². The zero-order valence-electron chi connectivity index (χ0n) is 11.2.